The van der Waals surface area contributed by atoms with Crippen molar-refractivity contribution in [2.45, 2.75) is 13.8 Å². The van der Waals surface area contributed by atoms with Crippen LogP contribution in [-0.4, -0.2) is 41.0 Å². The van der Waals surface area contributed by atoms with E-state index >= 15 is 0 Å². The van der Waals surface area contributed by atoms with E-state index in [9.17, 15) is 19.2 Å². The van der Waals surface area contributed by atoms with E-state index in [4.69, 9.17) is 4.74 Å². The van der Waals surface area contributed by atoms with Gasteiger partial charge >= 0.3 is 0 Å². The number of benzene rings is 3. The van der Waals surface area contributed by atoms with Crippen molar-refractivity contribution in [3.63, 3.8) is 0 Å². The quantitative estimate of drug-likeness (QED) is 0.409. The number of nitrogens with zero attached hydrogens (tertiary/aromatic N) is 1. The van der Waals surface area contributed by atoms with Crippen molar-refractivity contribution in [2.75, 3.05) is 23.8 Å². The smallest absolute Gasteiger partial charge is 0.294 e. The molecule has 3 aromatic rings. The summed E-state index contributed by atoms with van der Waals surface area (Å²) < 4.78 is 5.53. The summed E-state index contributed by atoms with van der Waals surface area (Å²) in [4.78, 5) is 50.7. The minimum atomic E-state index is -0.525. The van der Waals surface area contributed by atoms with E-state index in [1.54, 1.807) is 42.5 Å². The van der Waals surface area contributed by atoms with Gasteiger partial charge in [0.05, 0.1) is 4.91 Å². The Morgan fingerprint density at radius 1 is 0.865 bits per heavy atom. The zero-order valence-electron chi connectivity index (χ0n) is 20.3. The molecule has 0 aromatic heterocycles. The molecule has 0 saturated carbocycles. The number of amides is 4. The molecule has 1 fully saturated rings. The molecule has 37 heavy (non-hydrogen) atoms. The number of carbonyl (C=O) groups is 4. The Kier molecular flexibility index (Phi) is 8.05. The van der Waals surface area contributed by atoms with Crippen LogP contribution in [0.25, 0.3) is 6.08 Å². The van der Waals surface area contributed by atoms with E-state index < -0.39 is 17.1 Å². The second kappa shape index (κ2) is 11.6. The van der Waals surface area contributed by atoms with Gasteiger partial charge in [-0.3, -0.25) is 24.1 Å². The number of hydrogen-bond acceptors (Lipinski definition) is 6. The van der Waals surface area contributed by atoms with Gasteiger partial charge in [-0.05, 0) is 79.2 Å². The lowest BCUT2D eigenvalue weighted by atomic mass is 10.2. The lowest BCUT2D eigenvalue weighted by Gasteiger charge is -2.12. The number of aryl methyl sites for hydroxylation is 2. The zero-order valence-corrected chi connectivity index (χ0v) is 21.1. The fourth-order valence-corrected chi connectivity index (χ4v) is 4.34. The fraction of sp³-hybridized carbons (Fsp3) is 0.143. The normalized spacial score (nSPS) is 14.1. The monoisotopic (exact) mass is 515 g/mol. The molecule has 1 saturated heterocycles. The van der Waals surface area contributed by atoms with Crippen LogP contribution in [-0.2, 0) is 14.4 Å². The van der Waals surface area contributed by atoms with Gasteiger partial charge in [-0.2, -0.15) is 0 Å². The number of nitrogens with one attached hydrogen (secondary N) is 2. The molecule has 0 spiro atoms. The zero-order chi connectivity index (χ0) is 26.4. The number of ether oxygens (including phenoxy) is 1. The van der Waals surface area contributed by atoms with Crippen LogP contribution in [0.15, 0.2) is 77.7 Å². The molecule has 4 amide bonds. The van der Waals surface area contributed by atoms with Crippen LogP contribution in [0, 0.1) is 13.8 Å². The molecule has 8 nitrogen and oxygen atoms in total. The van der Waals surface area contributed by atoms with Crippen LogP contribution >= 0.6 is 11.8 Å². The SMILES string of the molecule is Cc1ccc(NC(=O)COc2ccc(/C=C3/SC(=O)N(CC(=O)Nc4cccc(C)c4)C3=O)cc2)cc1. The molecule has 0 aliphatic carbocycles. The molecule has 1 aliphatic heterocycles. The second-order valence-electron chi connectivity index (χ2n) is 8.46. The lowest BCUT2D eigenvalue weighted by molar-refractivity contribution is -0.127. The summed E-state index contributed by atoms with van der Waals surface area (Å²) in [5.41, 5.74) is 4.04. The Morgan fingerprint density at radius 2 is 1.57 bits per heavy atom. The molecule has 188 valence electrons. The van der Waals surface area contributed by atoms with Crippen molar-refractivity contribution in [1.82, 2.24) is 4.90 Å². The summed E-state index contributed by atoms with van der Waals surface area (Å²) in [6.07, 6.45) is 1.58. The van der Waals surface area contributed by atoms with Gasteiger partial charge in [0, 0.05) is 11.4 Å². The first-order valence-corrected chi connectivity index (χ1v) is 12.3. The highest BCUT2D eigenvalue weighted by molar-refractivity contribution is 8.18. The third-order valence-electron chi connectivity index (χ3n) is 5.36. The van der Waals surface area contributed by atoms with Crippen molar-refractivity contribution in [3.05, 3.63) is 94.4 Å². The standard InChI is InChI=1S/C28H25N3O5S/c1-18-6-10-21(11-7-18)29-26(33)17-36-23-12-8-20(9-13-23)15-24-27(34)31(28(35)37-24)16-25(32)30-22-5-3-4-19(2)14-22/h3-15H,16-17H2,1-2H3,(H,29,33)(H,30,32)/b24-15+. The molecule has 2 N–H and O–H groups in total. The Balaban J connectivity index is 1.30. The Hall–Kier alpha value is -4.37. The Bertz CT molecular complexity index is 1370. The topological polar surface area (TPSA) is 105 Å². The number of imide groups is 1. The van der Waals surface area contributed by atoms with Gasteiger partial charge in [0.15, 0.2) is 6.61 Å². The average molecular weight is 516 g/mol. The summed E-state index contributed by atoms with van der Waals surface area (Å²) in [6.45, 7) is 3.35. The molecule has 0 radical (unpaired) electrons. The molecule has 0 unspecified atom stereocenters. The van der Waals surface area contributed by atoms with Gasteiger partial charge in [0.1, 0.15) is 12.3 Å². The average Bonchev–Trinajstić information content (AvgIpc) is 3.12. The van der Waals surface area contributed by atoms with E-state index in [2.05, 4.69) is 10.6 Å². The highest BCUT2D eigenvalue weighted by Gasteiger charge is 2.36. The predicted octanol–water partition coefficient (Wildman–Crippen LogP) is 5.00. The molecule has 0 atom stereocenters. The summed E-state index contributed by atoms with van der Waals surface area (Å²) in [5, 5.41) is 4.96. The van der Waals surface area contributed by atoms with E-state index in [0.29, 0.717) is 22.7 Å². The van der Waals surface area contributed by atoms with Gasteiger partial charge in [0.25, 0.3) is 17.1 Å². The van der Waals surface area contributed by atoms with E-state index in [1.165, 1.54) is 0 Å². The van der Waals surface area contributed by atoms with Crippen LogP contribution in [0.4, 0.5) is 16.2 Å². The van der Waals surface area contributed by atoms with Crippen LogP contribution in [0.1, 0.15) is 16.7 Å². The number of hydrogen-bond donors (Lipinski definition) is 2. The first kappa shape index (κ1) is 25.7. The summed E-state index contributed by atoms with van der Waals surface area (Å²) >= 11 is 0.782. The maximum atomic E-state index is 12.7. The maximum Gasteiger partial charge on any atom is 0.294 e. The third-order valence-corrected chi connectivity index (χ3v) is 6.27. The van der Waals surface area contributed by atoms with Gasteiger partial charge in [-0.15, -0.1) is 0 Å². The number of thioether (sulfide) groups is 1. The fourth-order valence-electron chi connectivity index (χ4n) is 3.50. The first-order valence-electron chi connectivity index (χ1n) is 11.5. The highest BCUT2D eigenvalue weighted by Crippen LogP contribution is 2.32. The molecule has 4 rings (SSSR count). The molecule has 1 heterocycles. The van der Waals surface area contributed by atoms with Crippen molar-refractivity contribution >= 4 is 52.2 Å². The first-order chi connectivity index (χ1) is 17.8. The number of rotatable bonds is 8. The van der Waals surface area contributed by atoms with E-state index in [1.807, 2.05) is 50.2 Å². The van der Waals surface area contributed by atoms with Crippen molar-refractivity contribution in [3.8, 4) is 5.75 Å². The highest BCUT2D eigenvalue weighted by atomic mass is 32.2. The van der Waals surface area contributed by atoms with Crippen LogP contribution < -0.4 is 15.4 Å². The number of anilines is 2. The molecule has 9 heteroatoms. The summed E-state index contributed by atoms with van der Waals surface area (Å²) in [6, 6.07) is 21.5. The van der Waals surface area contributed by atoms with Crippen molar-refractivity contribution < 1.29 is 23.9 Å². The Morgan fingerprint density at radius 3 is 2.27 bits per heavy atom. The van der Waals surface area contributed by atoms with Gasteiger partial charge < -0.3 is 15.4 Å². The predicted molar refractivity (Wildman–Crippen MR) is 144 cm³/mol. The molecule has 3 aromatic carbocycles. The summed E-state index contributed by atoms with van der Waals surface area (Å²) in [7, 11) is 0. The molecule has 1 aliphatic rings. The van der Waals surface area contributed by atoms with Gasteiger partial charge in [-0.1, -0.05) is 42.0 Å². The number of carbonyl (C=O) groups excluding carboxylic acids is 4. The van der Waals surface area contributed by atoms with Crippen LogP contribution in [0.2, 0.25) is 0 Å². The maximum absolute atomic E-state index is 12.7. The van der Waals surface area contributed by atoms with Crippen LogP contribution in [0.5, 0.6) is 5.75 Å². The largest absolute Gasteiger partial charge is 0.484 e. The van der Waals surface area contributed by atoms with Crippen molar-refractivity contribution in [1.29, 1.82) is 0 Å². The Labute approximate surface area is 218 Å². The van der Waals surface area contributed by atoms with E-state index in [-0.39, 0.29) is 24.0 Å². The van der Waals surface area contributed by atoms with E-state index in [0.717, 1.165) is 27.8 Å². The van der Waals surface area contributed by atoms with Gasteiger partial charge in [0.2, 0.25) is 5.91 Å². The third kappa shape index (κ3) is 7.08. The minimum absolute atomic E-state index is 0.156. The molecule has 0 bridgehead atoms. The van der Waals surface area contributed by atoms with Gasteiger partial charge in [-0.25, -0.2) is 0 Å². The molecular formula is C28H25N3O5S. The van der Waals surface area contributed by atoms with Crippen LogP contribution in [0.3, 0.4) is 0 Å². The van der Waals surface area contributed by atoms with Crippen molar-refractivity contribution in [2.24, 2.45) is 0 Å². The lowest BCUT2D eigenvalue weighted by Crippen LogP contribution is -2.36. The summed E-state index contributed by atoms with van der Waals surface area (Å²) in [5.74, 6) is -0.783. The second-order valence-corrected chi connectivity index (χ2v) is 9.45. The molecular weight excluding hydrogens is 490 g/mol. The minimum Gasteiger partial charge on any atom is -0.484 e.